The minimum absolute atomic E-state index is 0.196. The van der Waals surface area contributed by atoms with Crippen molar-refractivity contribution in [3.8, 4) is 0 Å². The molecule has 3 amide bonds. The second-order valence-corrected chi connectivity index (χ2v) is 7.20. The van der Waals surface area contributed by atoms with E-state index in [0.717, 1.165) is 0 Å². The highest BCUT2D eigenvalue weighted by molar-refractivity contribution is 6.36. The number of hydrogen-bond donors (Lipinski definition) is 3. The van der Waals surface area contributed by atoms with E-state index in [1.165, 1.54) is 0 Å². The Hall–Kier alpha value is -1.83. The molecule has 0 radical (unpaired) electrons. The van der Waals surface area contributed by atoms with Gasteiger partial charge in [0.05, 0.1) is 5.41 Å². The number of rotatable bonds is 3. The topological polar surface area (TPSA) is 96.5 Å². The van der Waals surface area contributed by atoms with Crippen molar-refractivity contribution in [2.75, 3.05) is 13.2 Å². The maximum Gasteiger partial charge on any atom is 0.327 e. The molecule has 0 atom stereocenters. The second kappa shape index (κ2) is 8.70. The smallest absolute Gasteiger partial charge is 0.327 e. The molecule has 1 fully saturated rings. The highest BCUT2D eigenvalue weighted by atomic mass is 35.5. The second-order valence-electron chi connectivity index (χ2n) is 6.36. The quantitative estimate of drug-likeness (QED) is 0.530. The van der Waals surface area contributed by atoms with Crippen LogP contribution in [0.5, 0.6) is 0 Å². The van der Waals surface area contributed by atoms with Gasteiger partial charge >= 0.3 is 11.8 Å². The molecule has 0 bridgehead atoms. The number of ether oxygens (including phenoxy) is 1. The molecule has 0 aliphatic carbocycles. The molecule has 1 heterocycles. The first kappa shape index (κ1) is 20.5. The Morgan fingerprint density at radius 2 is 1.73 bits per heavy atom. The van der Waals surface area contributed by atoms with Gasteiger partial charge in [0.15, 0.2) is 0 Å². The fourth-order valence-electron chi connectivity index (χ4n) is 2.83. The Bertz CT molecular complexity index is 703. The van der Waals surface area contributed by atoms with Crippen molar-refractivity contribution in [3.63, 3.8) is 0 Å². The number of amides is 3. The first-order valence-electron chi connectivity index (χ1n) is 8.21. The molecule has 0 spiro atoms. The third-order valence-electron chi connectivity index (χ3n) is 4.14. The number of benzene rings is 1. The van der Waals surface area contributed by atoms with E-state index in [4.69, 9.17) is 27.9 Å². The van der Waals surface area contributed by atoms with E-state index >= 15 is 0 Å². The Labute approximate surface area is 161 Å². The first-order chi connectivity index (χ1) is 12.3. The third-order valence-corrected chi connectivity index (χ3v) is 4.69. The number of carbonyl (C=O) groups is 3. The van der Waals surface area contributed by atoms with Gasteiger partial charge in [-0.15, -0.1) is 0 Å². The van der Waals surface area contributed by atoms with Gasteiger partial charge in [-0.1, -0.05) is 29.3 Å². The van der Waals surface area contributed by atoms with E-state index in [1.807, 2.05) is 0 Å². The van der Waals surface area contributed by atoms with Gasteiger partial charge in [0.2, 0.25) is 5.91 Å². The fraction of sp³-hybridized carbons (Fsp3) is 0.471. The molecule has 9 heteroatoms. The summed E-state index contributed by atoms with van der Waals surface area (Å²) in [5.41, 5.74) is 4.11. The number of hydrazine groups is 1. The molecule has 1 aliphatic rings. The van der Waals surface area contributed by atoms with Gasteiger partial charge in [-0.05, 0) is 44.4 Å². The average Bonchev–Trinajstić information content (AvgIpc) is 2.59. The zero-order valence-electron chi connectivity index (χ0n) is 14.5. The minimum atomic E-state index is -0.984. The van der Waals surface area contributed by atoms with Gasteiger partial charge < -0.3 is 10.1 Å². The molecule has 1 aromatic rings. The number of halogens is 2. The summed E-state index contributed by atoms with van der Waals surface area (Å²) < 4.78 is 5.37. The van der Waals surface area contributed by atoms with E-state index in [2.05, 4.69) is 16.2 Å². The molecule has 2 rings (SSSR count). The van der Waals surface area contributed by atoms with Crippen LogP contribution in [0.3, 0.4) is 0 Å². The third kappa shape index (κ3) is 4.66. The molecule has 3 N–H and O–H groups in total. The van der Waals surface area contributed by atoms with E-state index in [1.54, 1.807) is 32.0 Å². The molecule has 0 unspecified atom stereocenters. The molecular weight excluding hydrogens is 381 g/mol. The highest BCUT2D eigenvalue weighted by Gasteiger charge is 2.43. The van der Waals surface area contributed by atoms with Gasteiger partial charge in [0, 0.05) is 29.3 Å². The summed E-state index contributed by atoms with van der Waals surface area (Å²) >= 11 is 12.3. The summed E-state index contributed by atoms with van der Waals surface area (Å²) in [6, 6.07) is 4.72. The molecule has 142 valence electrons. The lowest BCUT2D eigenvalue weighted by atomic mass is 9.73. The summed E-state index contributed by atoms with van der Waals surface area (Å²) in [6.45, 7) is 4.19. The van der Waals surface area contributed by atoms with Crippen molar-refractivity contribution in [1.29, 1.82) is 0 Å². The monoisotopic (exact) mass is 401 g/mol. The zero-order chi connectivity index (χ0) is 19.3. The summed E-state index contributed by atoms with van der Waals surface area (Å²) in [5, 5.41) is 3.26. The van der Waals surface area contributed by atoms with E-state index in [-0.39, 0.29) is 6.04 Å². The Balaban J connectivity index is 2.17. The maximum atomic E-state index is 12.9. The Morgan fingerprint density at radius 1 is 1.08 bits per heavy atom. The van der Waals surface area contributed by atoms with Crippen LogP contribution in [-0.2, 0) is 24.5 Å². The van der Waals surface area contributed by atoms with Gasteiger partial charge in [-0.2, -0.15) is 0 Å². The Morgan fingerprint density at radius 3 is 2.31 bits per heavy atom. The van der Waals surface area contributed by atoms with E-state index < -0.39 is 23.1 Å². The molecule has 1 aromatic carbocycles. The molecule has 7 nitrogen and oxygen atoms in total. The lowest BCUT2D eigenvalue weighted by Gasteiger charge is -2.36. The highest BCUT2D eigenvalue weighted by Crippen LogP contribution is 2.39. The van der Waals surface area contributed by atoms with Crippen molar-refractivity contribution in [2.24, 2.45) is 0 Å². The van der Waals surface area contributed by atoms with E-state index in [0.29, 0.717) is 41.7 Å². The van der Waals surface area contributed by atoms with Crippen molar-refractivity contribution >= 4 is 40.9 Å². The van der Waals surface area contributed by atoms with Crippen LogP contribution in [0.2, 0.25) is 10.0 Å². The molecule has 0 saturated carbocycles. The van der Waals surface area contributed by atoms with Gasteiger partial charge in [-0.25, -0.2) is 0 Å². The predicted octanol–water partition coefficient (Wildman–Crippen LogP) is 1.71. The Kier molecular flexibility index (Phi) is 6.86. The summed E-state index contributed by atoms with van der Waals surface area (Å²) in [5.74, 6) is -2.24. The van der Waals surface area contributed by atoms with Crippen LogP contribution < -0.4 is 16.2 Å². The normalized spacial score (nSPS) is 16.0. The van der Waals surface area contributed by atoms with Crippen molar-refractivity contribution in [2.45, 2.75) is 38.1 Å². The van der Waals surface area contributed by atoms with Gasteiger partial charge in [0.25, 0.3) is 0 Å². The molecule has 26 heavy (non-hydrogen) atoms. The fourth-order valence-corrected chi connectivity index (χ4v) is 3.42. The largest absolute Gasteiger partial charge is 0.381 e. The van der Waals surface area contributed by atoms with Crippen LogP contribution in [0.4, 0.5) is 0 Å². The van der Waals surface area contributed by atoms with E-state index in [9.17, 15) is 14.4 Å². The minimum Gasteiger partial charge on any atom is -0.381 e. The number of hydrogen-bond acceptors (Lipinski definition) is 4. The molecule has 1 saturated heterocycles. The van der Waals surface area contributed by atoms with Crippen LogP contribution in [0.25, 0.3) is 0 Å². The summed E-state index contributed by atoms with van der Waals surface area (Å²) in [6.07, 6.45) is 0.766. The average molecular weight is 402 g/mol. The molecule has 1 aliphatic heterocycles. The van der Waals surface area contributed by atoms with Gasteiger partial charge in [0.1, 0.15) is 0 Å². The summed E-state index contributed by atoms with van der Waals surface area (Å²) in [4.78, 5) is 36.4. The predicted molar refractivity (Wildman–Crippen MR) is 97.8 cm³/mol. The molecule has 0 aromatic heterocycles. The zero-order valence-corrected chi connectivity index (χ0v) is 16.0. The number of nitrogens with one attached hydrogen (secondary N) is 3. The van der Waals surface area contributed by atoms with Crippen molar-refractivity contribution in [3.05, 3.63) is 33.8 Å². The first-order valence-corrected chi connectivity index (χ1v) is 8.96. The lowest BCUT2D eigenvalue weighted by molar-refractivity contribution is -0.142. The standard InChI is InChI=1S/C17H21Cl2N3O4/c1-10(2)20-14(23)15(24)21-22-16(25)17(5-7-26-8-6-17)12-4-3-11(18)9-13(12)19/h3-4,9-10H,5-8H2,1-2H3,(H,20,23)(H,21,24)(H,22,25). The van der Waals surface area contributed by atoms with Gasteiger partial charge in [-0.3, -0.25) is 25.2 Å². The van der Waals surface area contributed by atoms with Crippen LogP contribution in [0, 0.1) is 0 Å². The summed E-state index contributed by atoms with van der Waals surface area (Å²) in [7, 11) is 0. The van der Waals surface area contributed by atoms with Crippen LogP contribution in [0.1, 0.15) is 32.3 Å². The number of carbonyl (C=O) groups excluding carboxylic acids is 3. The molecular formula is C17H21Cl2N3O4. The van der Waals surface area contributed by atoms with Crippen molar-refractivity contribution in [1.82, 2.24) is 16.2 Å². The maximum absolute atomic E-state index is 12.9. The van der Waals surface area contributed by atoms with Crippen LogP contribution >= 0.6 is 23.2 Å². The lowest BCUT2D eigenvalue weighted by Crippen LogP contribution is -2.56. The van der Waals surface area contributed by atoms with Crippen LogP contribution in [-0.4, -0.2) is 37.0 Å². The SMILES string of the molecule is CC(C)NC(=O)C(=O)NNC(=O)C1(c2ccc(Cl)cc2Cl)CCOCC1. The van der Waals surface area contributed by atoms with Crippen molar-refractivity contribution < 1.29 is 19.1 Å². The van der Waals surface area contributed by atoms with Crippen LogP contribution in [0.15, 0.2) is 18.2 Å².